The summed E-state index contributed by atoms with van der Waals surface area (Å²) in [4.78, 5) is 24.7. The molecule has 0 saturated carbocycles. The third-order valence-corrected chi connectivity index (χ3v) is 4.99. The fourth-order valence-corrected chi connectivity index (χ4v) is 3.03. The molecule has 2 aromatic carbocycles. The maximum atomic E-state index is 12.6. The summed E-state index contributed by atoms with van der Waals surface area (Å²) >= 11 is 5.10. The summed E-state index contributed by atoms with van der Waals surface area (Å²) in [5.74, 6) is 0.489. The first-order valence-corrected chi connectivity index (χ1v) is 11.3. The zero-order chi connectivity index (χ0) is 24.1. The van der Waals surface area contributed by atoms with Gasteiger partial charge in [0.25, 0.3) is 11.8 Å². The second-order valence-electron chi connectivity index (χ2n) is 7.13. The molecule has 2 amide bonds. The quantitative estimate of drug-likeness (QED) is 0.262. The molecule has 33 heavy (non-hydrogen) atoms. The highest BCUT2D eigenvalue weighted by atomic mass is 32.1. The van der Waals surface area contributed by atoms with Gasteiger partial charge in [0.15, 0.2) is 11.7 Å². The molecule has 3 N–H and O–H groups in total. The molecule has 0 bridgehead atoms. The number of hydrazine groups is 1. The van der Waals surface area contributed by atoms with Crippen LogP contribution in [0.3, 0.4) is 0 Å². The van der Waals surface area contributed by atoms with E-state index in [0.29, 0.717) is 42.8 Å². The Morgan fingerprint density at radius 2 is 1.64 bits per heavy atom. The number of ether oxygens (including phenoxy) is 3. The van der Waals surface area contributed by atoms with Gasteiger partial charge in [-0.15, -0.1) is 0 Å². The zero-order valence-corrected chi connectivity index (χ0v) is 20.0. The molecule has 1 unspecified atom stereocenters. The lowest BCUT2D eigenvalue weighted by Gasteiger charge is -2.16. The SMILES string of the molecule is CCOCCOc1ccccc1C(=O)NC(=S)NNC(=O)COc1ccccc1C(C)CC. The van der Waals surface area contributed by atoms with E-state index in [4.69, 9.17) is 26.4 Å². The van der Waals surface area contributed by atoms with E-state index in [1.165, 1.54) is 0 Å². The first-order valence-electron chi connectivity index (χ1n) is 10.9. The number of carbonyl (C=O) groups excluding carboxylic acids is 2. The Balaban J connectivity index is 1.81. The minimum Gasteiger partial charge on any atom is -0.490 e. The van der Waals surface area contributed by atoms with E-state index in [9.17, 15) is 9.59 Å². The van der Waals surface area contributed by atoms with Crippen molar-refractivity contribution in [3.05, 3.63) is 59.7 Å². The van der Waals surface area contributed by atoms with Crippen molar-refractivity contribution in [3.8, 4) is 11.5 Å². The van der Waals surface area contributed by atoms with Crippen molar-refractivity contribution >= 4 is 29.1 Å². The Labute approximate surface area is 200 Å². The molecular formula is C24H31N3O5S. The molecule has 0 aliphatic rings. The van der Waals surface area contributed by atoms with Gasteiger partial charge in [-0.05, 0) is 55.2 Å². The minimum atomic E-state index is -0.465. The maximum Gasteiger partial charge on any atom is 0.276 e. The van der Waals surface area contributed by atoms with Crippen LogP contribution in [0.25, 0.3) is 0 Å². The van der Waals surface area contributed by atoms with Gasteiger partial charge in [0, 0.05) is 6.61 Å². The van der Waals surface area contributed by atoms with Crippen molar-refractivity contribution in [2.24, 2.45) is 0 Å². The predicted molar refractivity (Wildman–Crippen MR) is 130 cm³/mol. The van der Waals surface area contributed by atoms with E-state index in [0.717, 1.165) is 12.0 Å². The number of thiocarbonyl (C=S) groups is 1. The molecule has 2 rings (SSSR count). The van der Waals surface area contributed by atoms with Gasteiger partial charge >= 0.3 is 0 Å². The second-order valence-corrected chi connectivity index (χ2v) is 7.54. The number of rotatable bonds is 11. The third kappa shape index (κ3) is 8.70. The largest absolute Gasteiger partial charge is 0.490 e. The molecule has 0 aliphatic carbocycles. The Hall–Kier alpha value is -3.17. The first kappa shape index (κ1) is 26.1. The Morgan fingerprint density at radius 3 is 2.36 bits per heavy atom. The molecule has 2 aromatic rings. The molecule has 0 aromatic heterocycles. The number of para-hydroxylation sites is 2. The normalized spacial score (nSPS) is 11.2. The number of benzene rings is 2. The van der Waals surface area contributed by atoms with Crippen LogP contribution in [0.2, 0.25) is 0 Å². The minimum absolute atomic E-state index is 0.0579. The molecule has 8 nitrogen and oxygen atoms in total. The highest BCUT2D eigenvalue weighted by Crippen LogP contribution is 2.28. The predicted octanol–water partition coefficient (Wildman–Crippen LogP) is 3.33. The summed E-state index contributed by atoms with van der Waals surface area (Å²) in [5, 5.41) is 2.46. The summed E-state index contributed by atoms with van der Waals surface area (Å²) in [6.45, 7) is 7.22. The lowest BCUT2D eigenvalue weighted by Crippen LogP contribution is -2.49. The van der Waals surface area contributed by atoms with Crippen LogP contribution in [-0.2, 0) is 9.53 Å². The van der Waals surface area contributed by atoms with E-state index in [-0.39, 0.29) is 11.7 Å². The highest BCUT2D eigenvalue weighted by Gasteiger charge is 2.15. The molecule has 1 atom stereocenters. The number of hydrogen-bond acceptors (Lipinski definition) is 6. The topological polar surface area (TPSA) is 97.9 Å². The fraction of sp³-hybridized carbons (Fsp3) is 0.375. The molecule has 0 radical (unpaired) electrons. The van der Waals surface area contributed by atoms with Crippen LogP contribution in [-0.4, -0.2) is 43.4 Å². The summed E-state index contributed by atoms with van der Waals surface area (Å²) in [6, 6.07) is 14.4. The lowest BCUT2D eigenvalue weighted by molar-refractivity contribution is -0.123. The molecule has 178 valence electrons. The summed E-state index contributed by atoms with van der Waals surface area (Å²) in [7, 11) is 0. The van der Waals surface area contributed by atoms with Gasteiger partial charge in [-0.2, -0.15) is 0 Å². The van der Waals surface area contributed by atoms with Crippen molar-refractivity contribution in [1.82, 2.24) is 16.2 Å². The van der Waals surface area contributed by atoms with Gasteiger partial charge in [-0.3, -0.25) is 25.8 Å². The van der Waals surface area contributed by atoms with Gasteiger partial charge < -0.3 is 14.2 Å². The van der Waals surface area contributed by atoms with Gasteiger partial charge in [-0.25, -0.2) is 0 Å². The molecule has 0 fully saturated rings. The van der Waals surface area contributed by atoms with Gasteiger partial charge in [0.05, 0.1) is 12.2 Å². The maximum absolute atomic E-state index is 12.6. The zero-order valence-electron chi connectivity index (χ0n) is 19.2. The smallest absolute Gasteiger partial charge is 0.276 e. The van der Waals surface area contributed by atoms with E-state index in [2.05, 4.69) is 30.0 Å². The number of amides is 2. The van der Waals surface area contributed by atoms with E-state index >= 15 is 0 Å². The number of carbonyl (C=O) groups is 2. The van der Waals surface area contributed by atoms with Crippen molar-refractivity contribution in [2.75, 3.05) is 26.4 Å². The monoisotopic (exact) mass is 473 g/mol. The van der Waals surface area contributed by atoms with Crippen molar-refractivity contribution in [2.45, 2.75) is 33.1 Å². The first-order chi connectivity index (χ1) is 16.0. The van der Waals surface area contributed by atoms with E-state index in [1.807, 2.05) is 31.2 Å². The average Bonchev–Trinajstić information content (AvgIpc) is 2.84. The molecule has 0 heterocycles. The fourth-order valence-electron chi connectivity index (χ4n) is 2.88. The van der Waals surface area contributed by atoms with Crippen LogP contribution in [0.15, 0.2) is 48.5 Å². The molecule has 0 aliphatic heterocycles. The van der Waals surface area contributed by atoms with E-state index < -0.39 is 11.8 Å². The van der Waals surface area contributed by atoms with Crippen molar-refractivity contribution in [3.63, 3.8) is 0 Å². The Morgan fingerprint density at radius 1 is 0.939 bits per heavy atom. The molecule has 0 saturated heterocycles. The van der Waals surface area contributed by atoms with Crippen LogP contribution < -0.4 is 25.6 Å². The Kier molecular flexibility index (Phi) is 11.1. The summed E-state index contributed by atoms with van der Waals surface area (Å²) in [6.07, 6.45) is 0.961. The number of hydrogen-bond donors (Lipinski definition) is 3. The van der Waals surface area contributed by atoms with Crippen molar-refractivity contribution < 1.29 is 23.8 Å². The lowest BCUT2D eigenvalue weighted by atomic mass is 9.98. The molecule has 0 spiro atoms. The standard InChI is InChI=1S/C24H31N3O5S/c1-4-17(3)18-10-6-8-12-20(18)32-16-22(28)26-27-24(33)25-23(29)19-11-7-9-13-21(19)31-15-14-30-5-2/h6-13,17H,4-5,14-16H2,1-3H3,(H,26,28)(H2,25,27,29,33). The van der Waals surface area contributed by atoms with E-state index in [1.54, 1.807) is 24.3 Å². The summed E-state index contributed by atoms with van der Waals surface area (Å²) in [5.41, 5.74) is 6.29. The van der Waals surface area contributed by atoms with Crippen LogP contribution in [0.5, 0.6) is 11.5 Å². The third-order valence-electron chi connectivity index (χ3n) is 4.78. The van der Waals surface area contributed by atoms with Crippen LogP contribution in [0.1, 0.15) is 49.0 Å². The summed E-state index contributed by atoms with van der Waals surface area (Å²) < 4.78 is 16.5. The molecular weight excluding hydrogens is 442 g/mol. The highest BCUT2D eigenvalue weighted by molar-refractivity contribution is 7.80. The number of nitrogens with one attached hydrogen (secondary N) is 3. The Bertz CT molecular complexity index is 938. The van der Waals surface area contributed by atoms with Gasteiger partial charge in [0.2, 0.25) is 0 Å². The molecule has 9 heteroatoms. The van der Waals surface area contributed by atoms with Crippen LogP contribution in [0.4, 0.5) is 0 Å². The van der Waals surface area contributed by atoms with Crippen molar-refractivity contribution in [1.29, 1.82) is 0 Å². The average molecular weight is 474 g/mol. The van der Waals surface area contributed by atoms with Crippen LogP contribution in [0, 0.1) is 0 Å². The second kappa shape index (κ2) is 14.1. The van der Waals surface area contributed by atoms with Crippen LogP contribution >= 0.6 is 12.2 Å². The van der Waals surface area contributed by atoms with Gasteiger partial charge in [-0.1, -0.05) is 44.2 Å². The van der Waals surface area contributed by atoms with Gasteiger partial charge in [0.1, 0.15) is 18.1 Å².